The molecule has 0 saturated carbocycles. The summed E-state index contributed by atoms with van der Waals surface area (Å²) >= 11 is 0. The molecule has 0 unspecified atom stereocenters. The van der Waals surface area contributed by atoms with Gasteiger partial charge in [-0.3, -0.25) is 4.79 Å². The van der Waals surface area contributed by atoms with E-state index in [-0.39, 0.29) is 17.6 Å². The Morgan fingerprint density at radius 1 is 0.621 bits per heavy atom. The third-order valence-corrected chi connectivity index (χ3v) is 11.0. The fraction of sp³-hybridized carbons (Fsp3) is 0.250. The minimum atomic E-state index is -4.37. The number of aromatic nitrogens is 2. The maximum atomic E-state index is 12.9. The number of carboxylic acids is 1. The predicted octanol–water partition coefficient (Wildman–Crippen LogP) is 10.1. The molecule has 2 aromatic heterocycles. The number of aromatic carboxylic acids is 1. The molecule has 18 heteroatoms. The third-order valence-electron chi connectivity index (χ3n) is 11.0. The van der Waals surface area contributed by atoms with Crippen LogP contribution in [0.15, 0.2) is 122 Å². The lowest BCUT2D eigenvalue weighted by Crippen LogP contribution is -2.33. The van der Waals surface area contributed by atoms with Crippen LogP contribution in [-0.4, -0.2) is 53.3 Å². The van der Waals surface area contributed by atoms with Gasteiger partial charge in [0.25, 0.3) is 0 Å². The highest BCUT2D eigenvalue weighted by atomic mass is 19.4. The molecule has 12 nitrogen and oxygen atoms in total. The molecule has 8 rings (SSSR count). The van der Waals surface area contributed by atoms with Crippen molar-refractivity contribution >= 4 is 34.9 Å². The molecule has 0 radical (unpaired) electrons. The lowest BCUT2D eigenvalue weighted by molar-refractivity contribution is -0.138. The zero-order valence-electron chi connectivity index (χ0n) is 35.7. The van der Waals surface area contributed by atoms with E-state index in [2.05, 4.69) is 20.6 Å². The van der Waals surface area contributed by atoms with Crippen molar-refractivity contribution in [1.29, 1.82) is 0 Å². The number of carbonyl (C=O) groups excluding carboxylic acids is 1. The molecule has 1 amide bonds. The number of pyridine rings is 2. The number of nitrogens with zero attached hydrogens (tertiary/aromatic N) is 4. The molecule has 2 aliphatic heterocycles. The molecule has 4 heterocycles. The number of hydrogen-bond acceptors (Lipinski definition) is 10. The monoisotopic (exact) mass is 913 g/mol. The van der Waals surface area contributed by atoms with Crippen LogP contribution < -0.4 is 35.6 Å². The number of ether oxygens (including phenoxy) is 2. The number of carboxylic acid groups (broad SMARTS) is 1. The van der Waals surface area contributed by atoms with Crippen molar-refractivity contribution in [2.24, 2.45) is 5.73 Å². The molecule has 4 aromatic carbocycles. The Bertz CT molecular complexity index is 2450. The van der Waals surface area contributed by atoms with Gasteiger partial charge in [-0.1, -0.05) is 48.5 Å². The molecule has 2 aliphatic rings. The summed E-state index contributed by atoms with van der Waals surface area (Å²) in [7, 11) is 0. The maximum absolute atomic E-state index is 12.9. The summed E-state index contributed by atoms with van der Waals surface area (Å²) in [4.78, 5) is 35.4. The Morgan fingerprint density at radius 3 is 1.35 bits per heavy atom. The molecule has 0 aliphatic carbocycles. The summed E-state index contributed by atoms with van der Waals surface area (Å²) in [5.74, 6) is 0.995. The summed E-state index contributed by atoms with van der Waals surface area (Å²) in [5, 5.41) is 15.8. The number of rotatable bonds is 12. The van der Waals surface area contributed by atoms with Crippen LogP contribution in [-0.2, 0) is 25.4 Å². The predicted molar refractivity (Wildman–Crippen MR) is 237 cm³/mol. The topological polar surface area (TPSA) is 155 Å². The van der Waals surface area contributed by atoms with Crippen LogP contribution in [0.5, 0.6) is 11.5 Å². The van der Waals surface area contributed by atoms with E-state index in [1.54, 1.807) is 60.9 Å². The van der Waals surface area contributed by atoms with E-state index in [4.69, 9.17) is 20.3 Å². The number of anilines is 4. The molecule has 2 atom stereocenters. The second kappa shape index (κ2) is 19.7. The Balaban J connectivity index is 0.000000196. The van der Waals surface area contributed by atoms with E-state index in [1.165, 1.54) is 24.3 Å². The van der Waals surface area contributed by atoms with E-state index in [1.807, 2.05) is 35.8 Å². The fourth-order valence-electron chi connectivity index (χ4n) is 7.47. The number of halogens is 6. The van der Waals surface area contributed by atoms with Crippen LogP contribution >= 0.6 is 0 Å². The van der Waals surface area contributed by atoms with Crippen molar-refractivity contribution < 1.29 is 50.5 Å². The smallest absolute Gasteiger partial charge is 0.416 e. The van der Waals surface area contributed by atoms with Crippen molar-refractivity contribution in [3.63, 3.8) is 0 Å². The van der Waals surface area contributed by atoms with E-state index in [9.17, 15) is 35.9 Å². The van der Waals surface area contributed by atoms with E-state index < -0.39 is 35.4 Å². The second-order valence-corrected chi connectivity index (χ2v) is 15.6. The fourth-order valence-corrected chi connectivity index (χ4v) is 7.47. The zero-order valence-corrected chi connectivity index (χ0v) is 35.7. The van der Waals surface area contributed by atoms with E-state index in [0.717, 1.165) is 57.9 Å². The largest absolute Gasteiger partial charge is 0.489 e. The highest BCUT2D eigenvalue weighted by Crippen LogP contribution is 2.41. The Hall–Kier alpha value is -7.50. The average Bonchev–Trinajstić information content (AvgIpc) is 3.29. The summed E-state index contributed by atoms with van der Waals surface area (Å²) in [6, 6.07) is 27.1. The second-order valence-electron chi connectivity index (χ2n) is 15.6. The first-order valence-electron chi connectivity index (χ1n) is 20.8. The van der Waals surface area contributed by atoms with Gasteiger partial charge < -0.3 is 40.7 Å². The summed E-state index contributed by atoms with van der Waals surface area (Å²) in [6.45, 7) is 6.73. The zero-order chi connectivity index (χ0) is 47.2. The molecule has 5 N–H and O–H groups in total. The van der Waals surface area contributed by atoms with Gasteiger partial charge in [0.1, 0.15) is 36.1 Å². The minimum Gasteiger partial charge on any atom is -0.489 e. The van der Waals surface area contributed by atoms with Gasteiger partial charge in [0, 0.05) is 43.2 Å². The van der Waals surface area contributed by atoms with Gasteiger partial charge in [0.2, 0.25) is 5.91 Å². The Kier molecular flexibility index (Phi) is 13.9. The molecule has 0 fully saturated rings. The van der Waals surface area contributed by atoms with Crippen LogP contribution in [0, 0.1) is 0 Å². The van der Waals surface area contributed by atoms with Crippen LogP contribution in [0.4, 0.5) is 49.4 Å². The molecule has 66 heavy (non-hydrogen) atoms. The van der Waals surface area contributed by atoms with Gasteiger partial charge in [0.15, 0.2) is 11.6 Å². The summed E-state index contributed by atoms with van der Waals surface area (Å²) < 4.78 is 88.9. The normalized spacial score (nSPS) is 14.2. The van der Waals surface area contributed by atoms with Crippen LogP contribution in [0.25, 0.3) is 0 Å². The van der Waals surface area contributed by atoms with E-state index in [0.29, 0.717) is 68.1 Å². The number of nitrogens with two attached hydrogens (primary N) is 1. The first-order chi connectivity index (χ1) is 31.4. The molecular weight excluding hydrogens is 869 g/mol. The number of amides is 1. The maximum Gasteiger partial charge on any atom is 0.416 e. The van der Waals surface area contributed by atoms with Crippen molar-refractivity contribution in [2.45, 2.75) is 51.4 Å². The number of alkyl halides is 6. The molecular formula is C48H45F6N7O5. The third kappa shape index (κ3) is 11.2. The first-order valence-corrected chi connectivity index (χ1v) is 20.8. The molecule has 6 aromatic rings. The number of fused-ring (bicyclic) bond motifs is 2. The van der Waals surface area contributed by atoms with Crippen LogP contribution in [0.3, 0.4) is 0 Å². The molecule has 0 bridgehead atoms. The van der Waals surface area contributed by atoms with Crippen LogP contribution in [0.2, 0.25) is 0 Å². The Morgan fingerprint density at radius 2 is 1.00 bits per heavy atom. The number of carbonyl (C=O) groups is 2. The average molecular weight is 914 g/mol. The van der Waals surface area contributed by atoms with Gasteiger partial charge >= 0.3 is 18.3 Å². The molecule has 344 valence electrons. The first kappa shape index (κ1) is 46.5. The van der Waals surface area contributed by atoms with Gasteiger partial charge in [-0.25, -0.2) is 14.8 Å². The highest BCUT2D eigenvalue weighted by Gasteiger charge is 2.32. The molecule has 0 saturated heterocycles. The van der Waals surface area contributed by atoms with Crippen molar-refractivity contribution in [3.8, 4) is 11.5 Å². The summed E-state index contributed by atoms with van der Waals surface area (Å²) in [5.41, 5.74) is 9.38. The van der Waals surface area contributed by atoms with Gasteiger partial charge in [-0.05, 0) is 84.6 Å². The van der Waals surface area contributed by atoms with Gasteiger partial charge in [-0.15, -0.1) is 0 Å². The summed E-state index contributed by atoms with van der Waals surface area (Å²) in [6.07, 6.45) is -5.46. The van der Waals surface area contributed by atoms with Crippen molar-refractivity contribution in [2.75, 3.05) is 46.7 Å². The lowest BCUT2D eigenvalue weighted by atomic mass is 10.1. The number of hydrogen-bond donors (Lipinski definition) is 4. The number of benzene rings is 4. The number of primary amides is 1. The Labute approximate surface area is 376 Å². The van der Waals surface area contributed by atoms with Gasteiger partial charge in [0.05, 0.1) is 41.9 Å². The van der Waals surface area contributed by atoms with E-state index >= 15 is 0 Å². The van der Waals surface area contributed by atoms with Crippen molar-refractivity contribution in [1.82, 2.24) is 9.97 Å². The lowest BCUT2D eigenvalue weighted by Gasteiger charge is -2.33. The minimum absolute atomic E-state index is 0.138. The molecule has 0 spiro atoms. The SMILES string of the molecule is C[C@H](Nc1nccc2c1N(Cc1ccc(C(F)(F)F)cc1)CCO2)c1ccc(C(=O)O)cc1.C[C@H](Nc1nccc2c1N(Cc1ccc(C(F)(F)F)cc1)CCO2)c1ccc(C(N)=O)cc1. The van der Waals surface area contributed by atoms with Gasteiger partial charge in [-0.2, -0.15) is 26.3 Å². The number of nitrogens with one attached hydrogen (secondary N) is 2. The quantitative estimate of drug-likeness (QED) is 0.0868. The standard InChI is InChI=1S/C24H23F3N4O2.C24H22F3N3O3/c1-15(17-4-6-18(7-5-17)22(28)32)30-23-21-20(10-11-29-23)33-13-12-31(21)14-16-2-8-19(9-3-16)24(25,26)27;1-15(17-4-6-18(7-5-17)23(31)32)29-22-21-20(10-11-28-22)33-13-12-30(21)14-16-2-8-19(9-3-16)24(25,26)27/h2-11,15H,12-14H2,1H3,(H2,28,32)(H,29,30);2-11,15H,12-14H2,1H3,(H,28,29)(H,31,32)/t2*15-/m00/s1. The van der Waals surface area contributed by atoms with Crippen LogP contribution in [0.1, 0.15) is 80.0 Å². The highest BCUT2D eigenvalue weighted by molar-refractivity contribution is 5.92. The van der Waals surface area contributed by atoms with Crippen molar-refractivity contribution in [3.05, 3.63) is 166 Å².